The van der Waals surface area contributed by atoms with Crippen LogP contribution < -0.4 is 5.32 Å². The molecule has 0 bridgehead atoms. The number of allylic oxidation sites excluding steroid dienone is 1. The maximum absolute atomic E-state index is 14.8. The number of cyclic esters (lactones) is 1. The molecule has 0 saturated heterocycles. The van der Waals surface area contributed by atoms with E-state index in [1.54, 1.807) is 0 Å². The minimum absolute atomic E-state index is 0.0133. The van der Waals surface area contributed by atoms with Gasteiger partial charge in [0.2, 0.25) is 0 Å². The maximum Gasteiger partial charge on any atom is 0.313 e. The van der Waals surface area contributed by atoms with Crippen LogP contribution in [0.5, 0.6) is 0 Å². The molecular formula is C26H28FN3O3. The summed E-state index contributed by atoms with van der Waals surface area (Å²) in [6.45, 7) is 4.41. The van der Waals surface area contributed by atoms with Crippen molar-refractivity contribution in [1.82, 2.24) is 15.2 Å². The summed E-state index contributed by atoms with van der Waals surface area (Å²) in [5, 5.41) is 4.50. The van der Waals surface area contributed by atoms with E-state index in [1.807, 2.05) is 34.0 Å². The van der Waals surface area contributed by atoms with E-state index in [0.717, 1.165) is 47.0 Å². The van der Waals surface area contributed by atoms with Crippen LogP contribution in [0.25, 0.3) is 16.6 Å². The average molecular weight is 450 g/mol. The summed E-state index contributed by atoms with van der Waals surface area (Å²) in [6, 6.07) is 1.70. The lowest BCUT2D eigenvalue weighted by Gasteiger charge is -2.28. The Morgan fingerprint density at radius 2 is 2.15 bits per heavy atom. The molecule has 172 valence electrons. The normalized spacial score (nSPS) is 23.4. The fourth-order valence-corrected chi connectivity index (χ4v) is 5.63. The lowest BCUT2D eigenvalue weighted by atomic mass is 9.82. The molecule has 3 heterocycles. The predicted octanol–water partition coefficient (Wildman–Crippen LogP) is 3.75. The van der Waals surface area contributed by atoms with Gasteiger partial charge < -0.3 is 15.0 Å². The zero-order valence-electron chi connectivity index (χ0n) is 19.4. The van der Waals surface area contributed by atoms with E-state index in [9.17, 15) is 14.0 Å². The van der Waals surface area contributed by atoms with Crippen LogP contribution >= 0.6 is 0 Å². The molecule has 2 aromatic rings. The van der Waals surface area contributed by atoms with E-state index < -0.39 is 5.92 Å². The first kappa shape index (κ1) is 21.8. The zero-order chi connectivity index (χ0) is 23.4. The first-order valence-corrected chi connectivity index (χ1v) is 11.5. The first-order chi connectivity index (χ1) is 15.9. The molecule has 1 aromatic heterocycles. The topological polar surface area (TPSA) is 71.5 Å². The Morgan fingerprint density at radius 1 is 1.36 bits per heavy atom. The second-order valence-corrected chi connectivity index (χ2v) is 9.14. The lowest BCUT2D eigenvalue weighted by molar-refractivity contribution is -0.147. The molecule has 0 amide bonds. The molecule has 2 unspecified atom stereocenters. The van der Waals surface area contributed by atoms with Gasteiger partial charge in [0.05, 0.1) is 22.8 Å². The van der Waals surface area contributed by atoms with Gasteiger partial charge in [0.1, 0.15) is 18.7 Å². The van der Waals surface area contributed by atoms with E-state index >= 15 is 0 Å². The van der Waals surface area contributed by atoms with Gasteiger partial charge in [-0.15, -0.1) is 0 Å². The number of aldehydes is 1. The fraction of sp³-hybridized carbons (Fsp3) is 0.423. The number of nitrogens with one attached hydrogen (secondary N) is 1. The molecule has 6 nitrogen and oxygen atoms in total. The number of hydrogen-bond acceptors (Lipinski definition) is 6. The number of pyridine rings is 1. The first-order valence-electron chi connectivity index (χ1n) is 11.5. The van der Waals surface area contributed by atoms with E-state index in [1.165, 1.54) is 11.6 Å². The third kappa shape index (κ3) is 3.21. The predicted molar refractivity (Wildman–Crippen MR) is 124 cm³/mol. The van der Waals surface area contributed by atoms with Crippen molar-refractivity contribution in [2.75, 3.05) is 20.7 Å². The van der Waals surface area contributed by atoms with Crippen molar-refractivity contribution in [2.45, 2.75) is 45.7 Å². The number of rotatable bonds is 4. The quantitative estimate of drug-likeness (QED) is 0.566. The van der Waals surface area contributed by atoms with Crippen LogP contribution in [0.4, 0.5) is 4.39 Å². The fourth-order valence-electron chi connectivity index (χ4n) is 5.63. The standard InChI is InChI=1S/C26H28FN3O3/c1-5-15-17(14(11-31)12-33-26(15)32)8-22-25-18(10-30(22)4)24-20(28-3)7-6-16-13(2)19(27)9-21(29-25)23(16)24/h8-9,11,15,20,28H,5-7,10,12H2,1-4H3/b22-8-. The number of carbonyl (C=O) groups is 2. The maximum atomic E-state index is 14.8. The summed E-state index contributed by atoms with van der Waals surface area (Å²) in [7, 11) is 3.94. The molecule has 0 fully saturated rings. The Kier molecular flexibility index (Phi) is 5.32. The molecule has 2 atom stereocenters. The average Bonchev–Trinajstić information content (AvgIpc) is 3.12. The van der Waals surface area contributed by atoms with Gasteiger partial charge in [-0.25, -0.2) is 9.37 Å². The second kappa shape index (κ2) is 8.06. The van der Waals surface area contributed by atoms with Crippen molar-refractivity contribution >= 4 is 28.9 Å². The van der Waals surface area contributed by atoms with E-state index in [-0.39, 0.29) is 24.4 Å². The summed E-state index contributed by atoms with van der Waals surface area (Å²) in [4.78, 5) is 31.2. The zero-order valence-corrected chi connectivity index (χ0v) is 19.4. The largest absolute Gasteiger partial charge is 0.460 e. The number of hydrogen-bond donors (Lipinski definition) is 1. The Morgan fingerprint density at radius 3 is 2.85 bits per heavy atom. The van der Waals surface area contributed by atoms with E-state index in [2.05, 4.69) is 10.2 Å². The number of ether oxygens (including phenoxy) is 1. The summed E-state index contributed by atoms with van der Waals surface area (Å²) < 4.78 is 20.0. The summed E-state index contributed by atoms with van der Waals surface area (Å²) in [6.07, 6.45) is 4.94. The number of fused-ring (bicyclic) bond motifs is 2. The number of carbonyl (C=O) groups excluding carboxylic acids is 2. The van der Waals surface area contributed by atoms with Crippen molar-refractivity contribution in [3.63, 3.8) is 0 Å². The van der Waals surface area contributed by atoms with Crippen LogP contribution in [-0.4, -0.2) is 42.8 Å². The third-order valence-electron chi connectivity index (χ3n) is 7.42. The number of nitrogens with zero attached hydrogens (tertiary/aromatic N) is 2. The third-order valence-corrected chi connectivity index (χ3v) is 7.42. The van der Waals surface area contributed by atoms with Crippen molar-refractivity contribution in [1.29, 1.82) is 0 Å². The minimum Gasteiger partial charge on any atom is -0.460 e. The van der Waals surface area contributed by atoms with Gasteiger partial charge in [-0.3, -0.25) is 9.59 Å². The summed E-state index contributed by atoms with van der Waals surface area (Å²) >= 11 is 0. The number of benzene rings is 1. The highest BCUT2D eigenvalue weighted by atomic mass is 19.1. The number of esters is 1. The molecular weight excluding hydrogens is 421 g/mol. The molecule has 3 aliphatic rings. The summed E-state index contributed by atoms with van der Waals surface area (Å²) in [5.41, 5.74) is 7.53. The van der Waals surface area contributed by atoms with Crippen LogP contribution in [0.3, 0.4) is 0 Å². The highest BCUT2D eigenvalue weighted by Gasteiger charge is 2.35. The lowest BCUT2D eigenvalue weighted by Crippen LogP contribution is -2.27. The van der Waals surface area contributed by atoms with Crippen LogP contribution in [0.2, 0.25) is 0 Å². The van der Waals surface area contributed by atoms with Crippen molar-refractivity contribution in [3.8, 4) is 0 Å². The molecule has 0 spiro atoms. The Labute approximate surface area is 192 Å². The molecule has 2 aliphatic heterocycles. The molecule has 0 saturated carbocycles. The van der Waals surface area contributed by atoms with E-state index in [0.29, 0.717) is 35.2 Å². The van der Waals surface area contributed by atoms with Crippen molar-refractivity contribution < 1.29 is 18.7 Å². The Bertz CT molecular complexity index is 1260. The Balaban J connectivity index is 1.78. The van der Waals surface area contributed by atoms with Gasteiger partial charge in [-0.05, 0) is 61.6 Å². The number of aromatic nitrogens is 1. The van der Waals surface area contributed by atoms with Gasteiger partial charge >= 0.3 is 5.97 Å². The summed E-state index contributed by atoms with van der Waals surface area (Å²) in [5.74, 6) is -1.03. The Hall–Kier alpha value is -3.06. The van der Waals surface area contributed by atoms with Gasteiger partial charge in [-0.1, -0.05) is 6.92 Å². The van der Waals surface area contributed by atoms with E-state index in [4.69, 9.17) is 9.72 Å². The van der Waals surface area contributed by atoms with Crippen LogP contribution in [0.1, 0.15) is 53.8 Å². The SMILES string of the molecule is CCC1C(=O)OCC(C=O)=C1/C=C1/c2nc3cc(F)c(C)c4c3c(c2CN1C)C(NC)CC4. The molecule has 5 rings (SSSR count). The molecule has 7 heteroatoms. The van der Waals surface area contributed by atoms with Crippen LogP contribution in [0, 0.1) is 18.7 Å². The molecule has 1 N–H and O–H groups in total. The molecule has 1 aromatic carbocycles. The van der Waals surface area contributed by atoms with Crippen molar-refractivity contribution in [3.05, 3.63) is 57.1 Å². The highest BCUT2D eigenvalue weighted by Crippen LogP contribution is 2.45. The number of aryl methyl sites for hydroxylation is 1. The van der Waals surface area contributed by atoms with Gasteiger partial charge in [0.25, 0.3) is 0 Å². The monoisotopic (exact) mass is 449 g/mol. The second-order valence-electron chi connectivity index (χ2n) is 9.14. The van der Waals surface area contributed by atoms with Crippen LogP contribution in [0.15, 0.2) is 23.3 Å². The van der Waals surface area contributed by atoms with Gasteiger partial charge in [0, 0.05) is 42.2 Å². The van der Waals surface area contributed by atoms with Gasteiger partial charge in [0.15, 0.2) is 0 Å². The van der Waals surface area contributed by atoms with Crippen molar-refractivity contribution in [2.24, 2.45) is 5.92 Å². The minimum atomic E-state index is -0.487. The molecule has 33 heavy (non-hydrogen) atoms. The highest BCUT2D eigenvalue weighted by molar-refractivity contribution is 5.93. The van der Waals surface area contributed by atoms with Gasteiger partial charge in [-0.2, -0.15) is 0 Å². The van der Waals surface area contributed by atoms with Crippen LogP contribution in [-0.2, 0) is 27.3 Å². The molecule has 0 radical (unpaired) electrons. The number of halogens is 1. The molecule has 1 aliphatic carbocycles. The smallest absolute Gasteiger partial charge is 0.313 e.